The van der Waals surface area contributed by atoms with Gasteiger partial charge in [0.25, 0.3) is 0 Å². The first-order valence-corrected chi connectivity index (χ1v) is 10.7. The van der Waals surface area contributed by atoms with Gasteiger partial charge in [-0.1, -0.05) is 38.0 Å². The van der Waals surface area contributed by atoms with Crippen molar-refractivity contribution >= 4 is 16.9 Å². The molecule has 4 heteroatoms. The van der Waals surface area contributed by atoms with Gasteiger partial charge in [-0.3, -0.25) is 4.40 Å². The quantitative estimate of drug-likeness (QED) is 0.519. The molecular formula is C25H34N4. The van der Waals surface area contributed by atoms with E-state index < -0.39 is 0 Å². The summed E-state index contributed by atoms with van der Waals surface area (Å²) < 4.78 is 2.15. The second-order valence-corrected chi connectivity index (χ2v) is 7.73. The van der Waals surface area contributed by atoms with Gasteiger partial charge >= 0.3 is 0 Å². The summed E-state index contributed by atoms with van der Waals surface area (Å²) in [4.78, 5) is 4.70. The molecule has 154 valence electrons. The Hall–Kier alpha value is -2.75. The van der Waals surface area contributed by atoms with E-state index in [2.05, 4.69) is 78.9 Å². The molecule has 3 rings (SSSR count). The van der Waals surface area contributed by atoms with Gasteiger partial charge in [0.1, 0.15) is 0 Å². The summed E-state index contributed by atoms with van der Waals surface area (Å²) in [6.45, 7) is 10.8. The van der Waals surface area contributed by atoms with Crippen LogP contribution >= 0.6 is 0 Å². The number of nitrogens with zero attached hydrogens (tertiary/aromatic N) is 2. The Balaban J connectivity index is 1.84. The van der Waals surface area contributed by atoms with Gasteiger partial charge in [0.05, 0.1) is 17.6 Å². The summed E-state index contributed by atoms with van der Waals surface area (Å²) in [7, 11) is 0. The van der Waals surface area contributed by atoms with Crippen LogP contribution in [0.1, 0.15) is 58.6 Å². The number of aromatic nitrogens is 2. The minimum absolute atomic E-state index is 0.703. The molecule has 2 N–H and O–H groups in total. The van der Waals surface area contributed by atoms with Crippen LogP contribution in [0, 0.1) is 5.92 Å². The van der Waals surface area contributed by atoms with Crippen LogP contribution in [0.25, 0.3) is 11.2 Å². The fraction of sp³-hybridized carbons (Fsp3) is 0.400. The van der Waals surface area contributed by atoms with Gasteiger partial charge in [-0.2, -0.15) is 0 Å². The highest BCUT2D eigenvalue weighted by atomic mass is 15.0. The molecule has 0 atom stereocenters. The minimum Gasteiger partial charge on any atom is -0.387 e. The number of hydrogen-bond donors (Lipinski definition) is 2. The van der Waals surface area contributed by atoms with Crippen LogP contribution in [0.15, 0.2) is 66.8 Å². The number of pyridine rings is 1. The largest absolute Gasteiger partial charge is 0.387 e. The van der Waals surface area contributed by atoms with E-state index >= 15 is 0 Å². The van der Waals surface area contributed by atoms with Gasteiger partial charge < -0.3 is 10.6 Å². The van der Waals surface area contributed by atoms with Crippen LogP contribution in [0.5, 0.6) is 0 Å². The molecule has 0 spiro atoms. The molecule has 1 aliphatic rings. The van der Waals surface area contributed by atoms with Gasteiger partial charge in [-0.25, -0.2) is 4.98 Å². The topological polar surface area (TPSA) is 41.4 Å². The highest BCUT2D eigenvalue weighted by Crippen LogP contribution is 2.31. The second-order valence-electron chi connectivity index (χ2n) is 7.73. The van der Waals surface area contributed by atoms with E-state index in [0.29, 0.717) is 5.92 Å². The zero-order valence-electron chi connectivity index (χ0n) is 18.0. The average molecular weight is 391 g/mol. The van der Waals surface area contributed by atoms with Gasteiger partial charge in [0.15, 0.2) is 5.65 Å². The van der Waals surface area contributed by atoms with Crippen molar-refractivity contribution in [1.29, 1.82) is 0 Å². The summed E-state index contributed by atoms with van der Waals surface area (Å²) in [5.74, 6) is 0.703. The Kier molecular flexibility index (Phi) is 7.34. The fourth-order valence-electron chi connectivity index (χ4n) is 4.24. The van der Waals surface area contributed by atoms with Crippen molar-refractivity contribution < 1.29 is 0 Å². The van der Waals surface area contributed by atoms with Crippen molar-refractivity contribution in [1.82, 2.24) is 14.7 Å². The van der Waals surface area contributed by atoms with Crippen molar-refractivity contribution in [2.24, 2.45) is 5.92 Å². The van der Waals surface area contributed by atoms with E-state index in [-0.39, 0.29) is 0 Å². The fourth-order valence-corrected chi connectivity index (χ4v) is 4.24. The van der Waals surface area contributed by atoms with Gasteiger partial charge in [-0.05, 0) is 75.1 Å². The number of rotatable bonds is 8. The lowest BCUT2D eigenvalue weighted by atomic mass is 9.83. The Labute approximate surface area is 175 Å². The molecule has 1 saturated carbocycles. The van der Waals surface area contributed by atoms with Crippen LogP contribution in [-0.4, -0.2) is 15.9 Å². The normalized spacial score (nSPS) is 16.9. The van der Waals surface area contributed by atoms with Gasteiger partial charge in [0.2, 0.25) is 0 Å². The highest BCUT2D eigenvalue weighted by molar-refractivity contribution is 5.74. The lowest BCUT2D eigenvalue weighted by molar-refractivity contribution is 0.408. The average Bonchev–Trinajstić information content (AvgIpc) is 3.18. The summed E-state index contributed by atoms with van der Waals surface area (Å²) in [6.07, 6.45) is 19.2. The molecule has 1 fully saturated rings. The highest BCUT2D eigenvalue weighted by Gasteiger charge is 2.16. The van der Waals surface area contributed by atoms with Crippen molar-refractivity contribution in [2.75, 3.05) is 11.9 Å². The van der Waals surface area contributed by atoms with Crippen LogP contribution in [-0.2, 0) is 0 Å². The molecule has 0 unspecified atom stereocenters. The molecule has 0 radical (unpaired) electrons. The van der Waals surface area contributed by atoms with Gasteiger partial charge in [0, 0.05) is 18.4 Å². The summed E-state index contributed by atoms with van der Waals surface area (Å²) in [6, 6.07) is 4.16. The number of allylic oxidation sites excluding steroid dienone is 5. The predicted molar refractivity (Wildman–Crippen MR) is 125 cm³/mol. The zero-order chi connectivity index (χ0) is 20.6. The van der Waals surface area contributed by atoms with E-state index in [0.717, 1.165) is 29.3 Å². The molecule has 0 bridgehead atoms. The standard InChI is InChI=1S/C25H34N4/c1-5-20(22-12-9-8-10-13-22)16-19(4)28-23-14-11-15-29-24(18-27-25(23)29)21(6-2)17-26-7-3/h5-7,11,14-16,18,22,26,28H,3,8-10,12-13,17H2,1-2,4H3/b19-16+,20-5+,21-6+. The summed E-state index contributed by atoms with van der Waals surface area (Å²) in [5, 5.41) is 6.77. The van der Waals surface area contributed by atoms with Crippen molar-refractivity contribution in [3.05, 3.63) is 72.5 Å². The van der Waals surface area contributed by atoms with E-state index in [4.69, 9.17) is 4.98 Å². The number of nitrogens with one attached hydrogen (secondary N) is 2. The van der Waals surface area contributed by atoms with Crippen LogP contribution in [0.2, 0.25) is 0 Å². The van der Waals surface area contributed by atoms with E-state index in [1.165, 1.54) is 43.3 Å². The zero-order valence-corrected chi connectivity index (χ0v) is 18.0. The van der Waals surface area contributed by atoms with E-state index in [1.54, 1.807) is 6.20 Å². The van der Waals surface area contributed by atoms with Crippen LogP contribution < -0.4 is 10.6 Å². The first-order valence-electron chi connectivity index (χ1n) is 10.7. The van der Waals surface area contributed by atoms with Crippen molar-refractivity contribution in [2.45, 2.75) is 52.9 Å². The Morgan fingerprint density at radius 1 is 1.24 bits per heavy atom. The smallest absolute Gasteiger partial charge is 0.161 e. The molecule has 0 aromatic carbocycles. The molecule has 2 aromatic heterocycles. The number of imidazole rings is 1. The van der Waals surface area contributed by atoms with Crippen LogP contribution in [0.3, 0.4) is 0 Å². The van der Waals surface area contributed by atoms with E-state index in [1.807, 2.05) is 6.20 Å². The molecule has 2 aromatic rings. The van der Waals surface area contributed by atoms with Crippen molar-refractivity contribution in [3.8, 4) is 0 Å². The molecule has 0 aliphatic heterocycles. The van der Waals surface area contributed by atoms with E-state index in [9.17, 15) is 0 Å². The lowest BCUT2D eigenvalue weighted by Crippen LogP contribution is -2.10. The predicted octanol–water partition coefficient (Wildman–Crippen LogP) is 6.31. The third kappa shape index (κ3) is 5.00. The SMILES string of the molecule is C=CNC/C(=C\C)c1cnc2c(N/C(C)=C/C(=C\C)C3CCCCC3)cccn12. The van der Waals surface area contributed by atoms with Crippen molar-refractivity contribution in [3.63, 3.8) is 0 Å². The maximum absolute atomic E-state index is 4.70. The molecular weight excluding hydrogens is 356 g/mol. The Bertz CT molecular complexity index is 923. The molecule has 2 heterocycles. The Morgan fingerprint density at radius 3 is 2.72 bits per heavy atom. The molecule has 29 heavy (non-hydrogen) atoms. The molecule has 1 aliphatic carbocycles. The second kappa shape index (κ2) is 10.1. The molecule has 0 saturated heterocycles. The third-order valence-corrected chi connectivity index (χ3v) is 5.78. The maximum Gasteiger partial charge on any atom is 0.161 e. The number of anilines is 1. The molecule has 0 amide bonds. The molecule has 4 nitrogen and oxygen atoms in total. The van der Waals surface area contributed by atoms with Crippen LogP contribution in [0.4, 0.5) is 5.69 Å². The van der Waals surface area contributed by atoms with Gasteiger partial charge in [-0.15, -0.1) is 0 Å². The third-order valence-electron chi connectivity index (χ3n) is 5.78. The lowest BCUT2D eigenvalue weighted by Gasteiger charge is -2.23. The monoisotopic (exact) mass is 390 g/mol. The first kappa shape index (κ1) is 21.0. The Morgan fingerprint density at radius 2 is 2.03 bits per heavy atom. The minimum atomic E-state index is 0.703. The summed E-state index contributed by atoms with van der Waals surface area (Å²) in [5.41, 5.74) is 6.86. The number of fused-ring (bicyclic) bond motifs is 1. The summed E-state index contributed by atoms with van der Waals surface area (Å²) >= 11 is 0. The first-order chi connectivity index (χ1) is 14.2. The maximum atomic E-state index is 4.70. The number of hydrogen-bond acceptors (Lipinski definition) is 3.